The lowest BCUT2D eigenvalue weighted by Crippen LogP contribution is -2.54. The van der Waals surface area contributed by atoms with Gasteiger partial charge in [-0.15, -0.1) is 0 Å². The predicted molar refractivity (Wildman–Crippen MR) is 181 cm³/mol. The molecule has 4 atom stereocenters. The van der Waals surface area contributed by atoms with Gasteiger partial charge in [-0.1, -0.05) is 25.3 Å². The van der Waals surface area contributed by atoms with E-state index in [1.54, 1.807) is 13.2 Å². The molecule has 5 aliphatic rings. The number of nitrogens with zero attached hydrogens (tertiary/aromatic N) is 4. The number of ether oxygens (including phenoxy) is 1. The average molecular weight is 660 g/mol. The molecule has 2 unspecified atom stereocenters. The highest BCUT2D eigenvalue weighted by Crippen LogP contribution is 2.67. The van der Waals surface area contributed by atoms with Crippen molar-refractivity contribution in [3.63, 3.8) is 0 Å². The van der Waals surface area contributed by atoms with Crippen LogP contribution < -0.4 is 9.46 Å². The monoisotopic (exact) mass is 659 g/mol. The number of nitrogens with one attached hydrogen (secondary N) is 1. The number of likely N-dealkylation sites (tertiary alicyclic amines) is 2. The summed E-state index contributed by atoms with van der Waals surface area (Å²) in [5.41, 5.74) is 4.92. The van der Waals surface area contributed by atoms with E-state index in [1.165, 1.54) is 26.1 Å². The third kappa shape index (κ3) is 4.67. The Balaban J connectivity index is 1.36. The zero-order valence-corrected chi connectivity index (χ0v) is 28.6. The van der Waals surface area contributed by atoms with Crippen LogP contribution >= 0.6 is 0 Å². The summed E-state index contributed by atoms with van der Waals surface area (Å²) in [6.45, 7) is 2.66. The molecule has 1 aromatic heterocycles. The summed E-state index contributed by atoms with van der Waals surface area (Å²) in [7, 11) is 2.64. The summed E-state index contributed by atoms with van der Waals surface area (Å²) >= 11 is 0. The van der Waals surface area contributed by atoms with Gasteiger partial charge in [-0.3, -0.25) is 9.59 Å². The molecule has 2 amide bonds. The smallest absolute Gasteiger partial charge is 0.303 e. The number of aromatic nitrogens is 1. The Morgan fingerprint density at radius 1 is 1.00 bits per heavy atom. The maximum absolute atomic E-state index is 15.3. The first-order valence-electron chi connectivity index (χ1n) is 17.2. The van der Waals surface area contributed by atoms with E-state index in [0.717, 1.165) is 95.9 Å². The first kappa shape index (κ1) is 30.9. The molecule has 250 valence electrons. The number of amides is 2. The van der Waals surface area contributed by atoms with Crippen LogP contribution in [0.5, 0.6) is 5.75 Å². The van der Waals surface area contributed by atoms with E-state index < -0.39 is 21.7 Å². The molecule has 0 bridgehead atoms. The Labute approximate surface area is 277 Å². The number of carbonyl (C=O) groups is 2. The third-order valence-corrected chi connectivity index (χ3v) is 13.2. The molecule has 4 fully saturated rings. The maximum atomic E-state index is 15.3. The zero-order valence-electron chi connectivity index (χ0n) is 27.8. The third-order valence-electron chi connectivity index (χ3n) is 11.8. The molecule has 3 aromatic rings. The Morgan fingerprint density at radius 2 is 1.79 bits per heavy atom. The summed E-state index contributed by atoms with van der Waals surface area (Å²) in [6.07, 6.45) is 8.52. The molecule has 0 radical (unpaired) electrons. The second-order valence-corrected chi connectivity index (χ2v) is 16.6. The number of fused-ring (bicyclic) bond motifs is 9. The molecular weight excluding hydrogens is 614 g/mol. The van der Waals surface area contributed by atoms with Crippen molar-refractivity contribution in [2.45, 2.75) is 74.8 Å². The van der Waals surface area contributed by atoms with Crippen molar-refractivity contribution >= 4 is 32.9 Å². The summed E-state index contributed by atoms with van der Waals surface area (Å²) in [6, 6.07) is 12.0. The lowest BCUT2D eigenvalue weighted by atomic mass is 9.80. The van der Waals surface area contributed by atoms with E-state index in [1.807, 2.05) is 18.2 Å². The standard InChI is InChI=1S/C36H45N5O5S/c1-38(2)47(44,45)37-34(42)23-12-14-27-30(17-23)41-33(32(27)22-9-6-5-7-10-22)26-15-13-25(46-4)18-28(26)29-19-36(29,41)35(43)40-16-8-11-24-20-39(3)21-31(24)40/h12-15,17-18,22,24,29,31H,5-11,16,19-21H2,1-4H3,(H,37,42)/t24-,29?,31+,36?/m0/s1. The van der Waals surface area contributed by atoms with Crippen LogP contribution in [0.1, 0.15) is 84.7 Å². The van der Waals surface area contributed by atoms with Crippen molar-refractivity contribution in [2.75, 3.05) is 47.9 Å². The molecule has 2 aliphatic carbocycles. The fourth-order valence-corrected chi connectivity index (χ4v) is 10.0. The van der Waals surface area contributed by atoms with Crippen LogP contribution in [0.25, 0.3) is 22.2 Å². The van der Waals surface area contributed by atoms with Gasteiger partial charge in [-0.05, 0) is 92.4 Å². The van der Waals surface area contributed by atoms with E-state index in [-0.39, 0.29) is 23.4 Å². The highest BCUT2D eigenvalue weighted by atomic mass is 32.2. The summed E-state index contributed by atoms with van der Waals surface area (Å²) in [5.74, 6) is 1.08. The van der Waals surface area contributed by atoms with E-state index in [9.17, 15) is 13.2 Å². The quantitative estimate of drug-likeness (QED) is 0.414. The minimum absolute atomic E-state index is 0.0199. The van der Waals surface area contributed by atoms with Gasteiger partial charge in [-0.25, -0.2) is 4.72 Å². The van der Waals surface area contributed by atoms with Gasteiger partial charge in [0.05, 0.1) is 18.3 Å². The van der Waals surface area contributed by atoms with Crippen molar-refractivity contribution in [3.8, 4) is 17.0 Å². The second kappa shape index (κ2) is 11.1. The number of rotatable bonds is 6. The van der Waals surface area contributed by atoms with Crippen LogP contribution in [0.15, 0.2) is 36.4 Å². The van der Waals surface area contributed by atoms with Crippen molar-refractivity contribution in [1.29, 1.82) is 0 Å². The molecule has 2 aromatic carbocycles. The highest BCUT2D eigenvalue weighted by Gasteiger charge is 2.68. The van der Waals surface area contributed by atoms with Crippen LogP contribution in [-0.4, -0.2) is 92.8 Å². The number of piperidine rings is 1. The number of methoxy groups -OCH3 is 1. The molecule has 8 rings (SSSR count). The molecule has 1 N–H and O–H groups in total. The van der Waals surface area contributed by atoms with E-state index in [0.29, 0.717) is 18.3 Å². The second-order valence-electron chi connectivity index (χ2n) is 14.7. The fourth-order valence-electron chi connectivity index (χ4n) is 9.47. The summed E-state index contributed by atoms with van der Waals surface area (Å²) in [5, 5.41) is 1.05. The molecular formula is C36H45N5O5S. The molecule has 11 heteroatoms. The SMILES string of the molecule is COc1ccc2c(c1)C1CC1(C(=O)N1CCC[C@H]3CN(C)C[C@H]31)n1c-2c(C2CCCCC2)c2ccc(C(=O)NS(=O)(=O)N(C)C)cc21. The van der Waals surface area contributed by atoms with Crippen LogP contribution in [0, 0.1) is 5.92 Å². The molecule has 0 spiro atoms. The van der Waals surface area contributed by atoms with Crippen LogP contribution in [0.4, 0.5) is 0 Å². The minimum atomic E-state index is -3.98. The van der Waals surface area contributed by atoms with Crippen molar-refractivity contribution in [1.82, 2.24) is 23.4 Å². The maximum Gasteiger partial charge on any atom is 0.303 e. The van der Waals surface area contributed by atoms with Crippen LogP contribution in [0.3, 0.4) is 0 Å². The predicted octanol–water partition coefficient (Wildman–Crippen LogP) is 4.65. The molecule has 10 nitrogen and oxygen atoms in total. The van der Waals surface area contributed by atoms with Gasteiger partial charge >= 0.3 is 10.2 Å². The van der Waals surface area contributed by atoms with Gasteiger partial charge in [0, 0.05) is 62.2 Å². The fraction of sp³-hybridized carbons (Fsp3) is 0.556. The van der Waals surface area contributed by atoms with Crippen molar-refractivity contribution in [2.24, 2.45) is 5.92 Å². The van der Waals surface area contributed by atoms with Gasteiger partial charge < -0.3 is 19.1 Å². The number of hydrogen-bond donors (Lipinski definition) is 1. The topological polar surface area (TPSA) is 104 Å². The van der Waals surface area contributed by atoms with Crippen molar-refractivity contribution < 1.29 is 22.7 Å². The van der Waals surface area contributed by atoms with Gasteiger partial charge in [-0.2, -0.15) is 12.7 Å². The van der Waals surface area contributed by atoms with E-state index in [4.69, 9.17) is 4.74 Å². The number of hydrogen-bond acceptors (Lipinski definition) is 6. The largest absolute Gasteiger partial charge is 0.497 e. The van der Waals surface area contributed by atoms with Gasteiger partial charge in [0.15, 0.2) is 0 Å². The number of likely N-dealkylation sites (N-methyl/N-ethyl adjacent to an activating group) is 1. The zero-order chi connectivity index (χ0) is 32.8. The van der Waals surface area contributed by atoms with E-state index >= 15 is 4.79 Å². The molecule has 2 saturated carbocycles. The molecule has 2 saturated heterocycles. The minimum Gasteiger partial charge on any atom is -0.497 e. The molecule has 3 aliphatic heterocycles. The van der Waals surface area contributed by atoms with Crippen LogP contribution in [0.2, 0.25) is 0 Å². The number of benzene rings is 2. The van der Waals surface area contributed by atoms with Gasteiger partial charge in [0.1, 0.15) is 11.3 Å². The summed E-state index contributed by atoms with van der Waals surface area (Å²) < 4.78 is 36.5. The molecule has 47 heavy (non-hydrogen) atoms. The Kier molecular flexibility index (Phi) is 7.27. The number of carbonyl (C=O) groups excluding carboxylic acids is 2. The first-order valence-corrected chi connectivity index (χ1v) is 18.6. The van der Waals surface area contributed by atoms with Crippen LogP contribution in [-0.2, 0) is 20.5 Å². The lowest BCUT2D eigenvalue weighted by Gasteiger charge is -2.41. The van der Waals surface area contributed by atoms with Gasteiger partial charge in [0.2, 0.25) is 5.91 Å². The Hall–Kier alpha value is -3.41. The van der Waals surface area contributed by atoms with Crippen molar-refractivity contribution in [3.05, 3.63) is 53.1 Å². The molecule has 4 heterocycles. The summed E-state index contributed by atoms with van der Waals surface area (Å²) in [4.78, 5) is 33.3. The Bertz CT molecular complexity index is 1900. The lowest BCUT2D eigenvalue weighted by molar-refractivity contribution is -0.140. The normalized spacial score (nSPS) is 27.3. The average Bonchev–Trinajstić information content (AvgIpc) is 3.57. The Morgan fingerprint density at radius 3 is 2.53 bits per heavy atom. The van der Waals surface area contributed by atoms with Gasteiger partial charge in [0.25, 0.3) is 5.91 Å². The van der Waals surface area contributed by atoms with E-state index in [2.05, 4.69) is 38.3 Å². The first-order chi connectivity index (χ1) is 22.5. The highest BCUT2D eigenvalue weighted by molar-refractivity contribution is 7.87.